The summed E-state index contributed by atoms with van der Waals surface area (Å²) in [6.07, 6.45) is 3.51. The zero-order chi connectivity index (χ0) is 10.7. The van der Waals surface area contributed by atoms with Crippen LogP contribution < -0.4 is 5.73 Å². The van der Waals surface area contributed by atoms with Gasteiger partial charge >= 0.3 is 0 Å². The Labute approximate surface area is 91.5 Å². The molecule has 5 nitrogen and oxygen atoms in total. The van der Waals surface area contributed by atoms with Crippen LogP contribution in [0.4, 0.5) is 0 Å². The van der Waals surface area contributed by atoms with Crippen molar-refractivity contribution in [2.24, 2.45) is 5.73 Å². The molecule has 0 aliphatic rings. The lowest BCUT2D eigenvalue weighted by molar-refractivity contribution is 0.960. The van der Waals surface area contributed by atoms with Crippen LogP contribution in [0.1, 0.15) is 11.4 Å². The molecule has 0 aromatic carbocycles. The second kappa shape index (κ2) is 4.41. The van der Waals surface area contributed by atoms with Gasteiger partial charge in [0, 0.05) is 23.8 Å². The lowest BCUT2D eigenvalue weighted by Crippen LogP contribution is -1.98. The number of nitrogens with zero attached hydrogens (tertiary/aromatic N) is 3. The maximum absolute atomic E-state index is 5.62. The van der Waals surface area contributed by atoms with Crippen molar-refractivity contribution in [2.45, 2.75) is 23.5 Å². The number of aryl methyl sites for hydroxylation is 1. The number of hydrogen-bond acceptors (Lipinski definition) is 5. The lowest BCUT2D eigenvalue weighted by atomic mass is 10.3. The first-order chi connectivity index (χ1) is 7.29. The van der Waals surface area contributed by atoms with E-state index < -0.39 is 0 Å². The molecule has 0 unspecified atom stereocenters. The van der Waals surface area contributed by atoms with Gasteiger partial charge in [0.2, 0.25) is 5.16 Å². The summed E-state index contributed by atoms with van der Waals surface area (Å²) in [5, 5.41) is 7.53. The lowest BCUT2D eigenvalue weighted by Gasteiger charge is -2.02. The van der Waals surface area contributed by atoms with Crippen LogP contribution in [0.25, 0.3) is 0 Å². The zero-order valence-corrected chi connectivity index (χ0v) is 9.08. The number of rotatable bonds is 3. The van der Waals surface area contributed by atoms with Gasteiger partial charge < -0.3 is 5.73 Å². The predicted molar refractivity (Wildman–Crippen MR) is 57.4 cm³/mol. The molecule has 15 heavy (non-hydrogen) atoms. The van der Waals surface area contributed by atoms with Crippen LogP contribution in [0.15, 0.2) is 28.5 Å². The Bertz CT molecular complexity index is 453. The van der Waals surface area contributed by atoms with E-state index in [4.69, 9.17) is 5.73 Å². The average Bonchev–Trinajstić information content (AvgIpc) is 2.65. The van der Waals surface area contributed by atoms with Gasteiger partial charge in [-0.25, -0.2) is 4.98 Å². The third-order valence-corrected chi connectivity index (χ3v) is 2.82. The van der Waals surface area contributed by atoms with E-state index in [1.54, 1.807) is 12.4 Å². The van der Waals surface area contributed by atoms with E-state index in [1.165, 1.54) is 11.8 Å². The monoisotopic (exact) mass is 221 g/mol. The summed E-state index contributed by atoms with van der Waals surface area (Å²) < 4.78 is 0. The summed E-state index contributed by atoms with van der Waals surface area (Å²) in [6, 6.07) is 1.90. The van der Waals surface area contributed by atoms with Crippen molar-refractivity contribution in [3.05, 3.63) is 29.8 Å². The van der Waals surface area contributed by atoms with E-state index >= 15 is 0 Å². The van der Waals surface area contributed by atoms with Gasteiger partial charge in [0.25, 0.3) is 0 Å². The highest BCUT2D eigenvalue weighted by Crippen LogP contribution is 2.26. The average molecular weight is 221 g/mol. The summed E-state index contributed by atoms with van der Waals surface area (Å²) in [5.74, 6) is 0.802. The highest BCUT2D eigenvalue weighted by molar-refractivity contribution is 7.99. The van der Waals surface area contributed by atoms with Crippen molar-refractivity contribution in [3.8, 4) is 0 Å². The molecule has 0 amide bonds. The smallest absolute Gasteiger partial charge is 0.213 e. The highest BCUT2D eigenvalue weighted by atomic mass is 32.2. The first-order valence-electron chi connectivity index (χ1n) is 4.49. The minimum absolute atomic E-state index is 0.494. The molecule has 2 heterocycles. The Morgan fingerprint density at radius 2 is 2.40 bits per heavy atom. The van der Waals surface area contributed by atoms with Crippen LogP contribution in [0.5, 0.6) is 0 Å². The SMILES string of the molecule is Cc1nc(Sc2cnccc2CN)n[nH]1. The van der Waals surface area contributed by atoms with Gasteiger partial charge in [-0.15, -0.1) is 5.10 Å². The molecule has 78 valence electrons. The molecule has 0 saturated heterocycles. The molecule has 0 aliphatic heterocycles. The van der Waals surface area contributed by atoms with Crippen molar-refractivity contribution in [1.29, 1.82) is 0 Å². The summed E-state index contributed by atoms with van der Waals surface area (Å²) in [7, 11) is 0. The summed E-state index contributed by atoms with van der Waals surface area (Å²) in [5.41, 5.74) is 6.67. The second-order valence-electron chi connectivity index (χ2n) is 2.99. The molecular weight excluding hydrogens is 210 g/mol. The van der Waals surface area contributed by atoms with Crippen molar-refractivity contribution in [2.75, 3.05) is 0 Å². The normalized spacial score (nSPS) is 10.5. The molecule has 2 aromatic rings. The zero-order valence-electron chi connectivity index (χ0n) is 8.27. The Balaban J connectivity index is 2.23. The standard InChI is InChI=1S/C9H11N5S/c1-6-12-9(14-13-6)15-8-5-11-3-2-7(8)4-10/h2-3,5H,4,10H2,1H3,(H,12,13,14). The van der Waals surface area contributed by atoms with Crippen LogP contribution in [-0.2, 0) is 6.54 Å². The Morgan fingerprint density at radius 3 is 3.07 bits per heavy atom. The van der Waals surface area contributed by atoms with Gasteiger partial charge in [0.05, 0.1) is 0 Å². The first-order valence-corrected chi connectivity index (χ1v) is 5.31. The van der Waals surface area contributed by atoms with E-state index in [2.05, 4.69) is 20.2 Å². The molecule has 0 aliphatic carbocycles. The van der Waals surface area contributed by atoms with Crippen molar-refractivity contribution in [1.82, 2.24) is 20.2 Å². The second-order valence-corrected chi connectivity index (χ2v) is 4.00. The molecular formula is C9H11N5S. The molecule has 0 saturated carbocycles. The molecule has 0 radical (unpaired) electrons. The molecule has 2 rings (SSSR count). The van der Waals surface area contributed by atoms with Gasteiger partial charge in [-0.2, -0.15) is 0 Å². The number of aromatic amines is 1. The van der Waals surface area contributed by atoms with Crippen LogP contribution in [0, 0.1) is 6.92 Å². The topological polar surface area (TPSA) is 80.5 Å². The third kappa shape index (κ3) is 2.34. The summed E-state index contributed by atoms with van der Waals surface area (Å²) in [4.78, 5) is 9.26. The maximum atomic E-state index is 5.62. The molecule has 3 N–H and O–H groups in total. The van der Waals surface area contributed by atoms with Crippen molar-refractivity contribution < 1.29 is 0 Å². The molecule has 0 spiro atoms. The van der Waals surface area contributed by atoms with Crippen molar-refractivity contribution >= 4 is 11.8 Å². The van der Waals surface area contributed by atoms with E-state index in [1.807, 2.05) is 13.0 Å². The Kier molecular flexibility index (Phi) is 2.98. The Morgan fingerprint density at radius 1 is 1.53 bits per heavy atom. The highest BCUT2D eigenvalue weighted by Gasteiger charge is 2.06. The van der Waals surface area contributed by atoms with Gasteiger partial charge in [-0.1, -0.05) is 0 Å². The van der Waals surface area contributed by atoms with Gasteiger partial charge in [-0.3, -0.25) is 10.1 Å². The minimum Gasteiger partial charge on any atom is -0.326 e. The number of hydrogen-bond donors (Lipinski definition) is 2. The third-order valence-electron chi connectivity index (χ3n) is 1.87. The number of H-pyrrole nitrogens is 1. The van der Waals surface area contributed by atoms with Crippen molar-refractivity contribution in [3.63, 3.8) is 0 Å². The van der Waals surface area contributed by atoms with Crippen LogP contribution in [-0.4, -0.2) is 20.2 Å². The number of aromatic nitrogens is 4. The fraction of sp³-hybridized carbons (Fsp3) is 0.222. The Hall–Kier alpha value is -1.40. The fourth-order valence-electron chi connectivity index (χ4n) is 1.14. The summed E-state index contributed by atoms with van der Waals surface area (Å²) in [6.45, 7) is 2.36. The molecule has 2 aromatic heterocycles. The number of pyridine rings is 1. The van der Waals surface area contributed by atoms with Gasteiger partial charge in [-0.05, 0) is 30.3 Å². The van der Waals surface area contributed by atoms with E-state index in [9.17, 15) is 0 Å². The predicted octanol–water partition coefficient (Wildman–Crippen LogP) is 1.12. The molecule has 6 heteroatoms. The van der Waals surface area contributed by atoms with Crippen LogP contribution >= 0.6 is 11.8 Å². The van der Waals surface area contributed by atoms with Gasteiger partial charge in [0.1, 0.15) is 5.82 Å². The quantitative estimate of drug-likeness (QED) is 0.811. The van der Waals surface area contributed by atoms with Crippen LogP contribution in [0.3, 0.4) is 0 Å². The summed E-state index contributed by atoms with van der Waals surface area (Å²) >= 11 is 1.46. The molecule has 0 atom stereocenters. The molecule has 0 bridgehead atoms. The number of nitrogens with one attached hydrogen (secondary N) is 1. The van der Waals surface area contributed by atoms with E-state index in [0.717, 1.165) is 16.3 Å². The first kappa shape index (κ1) is 10.1. The number of nitrogens with two attached hydrogens (primary N) is 1. The van der Waals surface area contributed by atoms with E-state index in [0.29, 0.717) is 11.7 Å². The molecule has 0 fully saturated rings. The fourth-order valence-corrected chi connectivity index (χ4v) is 2.00. The maximum Gasteiger partial charge on any atom is 0.213 e. The minimum atomic E-state index is 0.494. The van der Waals surface area contributed by atoms with Gasteiger partial charge in [0.15, 0.2) is 0 Å². The van der Waals surface area contributed by atoms with E-state index in [-0.39, 0.29) is 0 Å². The van der Waals surface area contributed by atoms with Crippen LogP contribution in [0.2, 0.25) is 0 Å². The largest absolute Gasteiger partial charge is 0.326 e.